The van der Waals surface area contributed by atoms with E-state index < -0.39 is 0 Å². The third-order valence-electron chi connectivity index (χ3n) is 12.4. The topological polar surface area (TPSA) is 100 Å². The Labute approximate surface area is 384 Å². The van der Waals surface area contributed by atoms with Crippen molar-refractivity contribution in [2.24, 2.45) is 0 Å². The van der Waals surface area contributed by atoms with Crippen LogP contribution in [-0.4, -0.2) is 39.3 Å². The molecule has 5 heterocycles. The van der Waals surface area contributed by atoms with Crippen LogP contribution in [0.5, 0.6) is 0 Å². The highest BCUT2D eigenvalue weighted by Crippen LogP contribution is 2.38. The van der Waals surface area contributed by atoms with Gasteiger partial charge < -0.3 is 4.42 Å². The lowest BCUT2D eigenvalue weighted by molar-refractivity contribution is 0.585. The predicted molar refractivity (Wildman–Crippen MR) is 267 cm³/mol. The van der Waals surface area contributed by atoms with Gasteiger partial charge in [-0.05, 0) is 54.6 Å². The van der Waals surface area contributed by atoms with Crippen LogP contribution in [0.25, 0.3) is 123 Å². The molecule has 8 aromatic carbocycles. The van der Waals surface area contributed by atoms with Gasteiger partial charge in [-0.15, -0.1) is 10.2 Å². The fourth-order valence-corrected chi connectivity index (χ4v) is 9.19. The first kappa shape index (κ1) is 38.1. The molecular weight excluding hydrogens is 825 g/mol. The molecule has 314 valence electrons. The third kappa shape index (κ3) is 6.64. The predicted octanol–water partition coefficient (Wildman–Crippen LogP) is 13.8. The summed E-state index contributed by atoms with van der Waals surface area (Å²) in [7, 11) is 0. The molecule has 0 unspecified atom stereocenters. The van der Waals surface area contributed by atoms with Crippen molar-refractivity contribution in [1.82, 2.24) is 39.3 Å². The fourth-order valence-electron chi connectivity index (χ4n) is 9.19. The zero-order valence-electron chi connectivity index (χ0n) is 35.8. The lowest BCUT2D eigenvalue weighted by Gasteiger charge is -2.12. The number of rotatable bonds is 8. The average molecular weight is 861 g/mol. The molecule has 67 heavy (non-hydrogen) atoms. The third-order valence-corrected chi connectivity index (χ3v) is 12.4. The van der Waals surface area contributed by atoms with Crippen LogP contribution in [0.3, 0.4) is 0 Å². The number of nitrogens with zero attached hydrogens (tertiary/aromatic N) is 8. The van der Waals surface area contributed by atoms with Crippen molar-refractivity contribution in [3.8, 4) is 79.8 Å². The molecule has 0 N–H and O–H groups in total. The van der Waals surface area contributed by atoms with Gasteiger partial charge in [-0.2, -0.15) is 0 Å². The summed E-state index contributed by atoms with van der Waals surface area (Å²) in [5, 5.41) is 13.5. The summed E-state index contributed by atoms with van der Waals surface area (Å²) in [6, 6.07) is 74.3. The molecule has 0 atom stereocenters. The van der Waals surface area contributed by atoms with Gasteiger partial charge in [0.25, 0.3) is 0 Å². The fraction of sp³-hybridized carbons (Fsp3) is 0. The minimum atomic E-state index is 0.403. The second-order valence-corrected chi connectivity index (χ2v) is 16.4. The summed E-state index contributed by atoms with van der Waals surface area (Å²) in [4.78, 5) is 20.8. The van der Waals surface area contributed by atoms with Crippen LogP contribution in [-0.2, 0) is 0 Å². The zero-order valence-corrected chi connectivity index (χ0v) is 35.8. The molecule has 5 aromatic heterocycles. The zero-order chi connectivity index (χ0) is 44.3. The number of benzene rings is 8. The van der Waals surface area contributed by atoms with Gasteiger partial charge in [0.15, 0.2) is 0 Å². The maximum absolute atomic E-state index is 6.57. The first-order chi connectivity index (χ1) is 33.2. The molecule has 9 heteroatoms. The Kier molecular flexibility index (Phi) is 8.95. The van der Waals surface area contributed by atoms with E-state index >= 15 is 0 Å². The first-order valence-corrected chi connectivity index (χ1v) is 22.1. The Morgan fingerprint density at radius 2 is 0.627 bits per heavy atom. The van der Waals surface area contributed by atoms with E-state index in [-0.39, 0.29) is 0 Å². The summed E-state index contributed by atoms with van der Waals surface area (Å²) in [5.74, 6) is 1.96. The normalized spacial score (nSPS) is 11.6. The lowest BCUT2D eigenvalue weighted by Crippen LogP contribution is -2.04. The molecule has 9 nitrogen and oxygen atoms in total. The minimum Gasteiger partial charge on any atom is -0.416 e. The Morgan fingerprint density at radius 1 is 0.269 bits per heavy atom. The highest BCUT2D eigenvalue weighted by Gasteiger charge is 2.21. The van der Waals surface area contributed by atoms with E-state index in [1.807, 2.05) is 97.1 Å². The van der Waals surface area contributed by atoms with Crippen LogP contribution in [0.1, 0.15) is 0 Å². The van der Waals surface area contributed by atoms with Crippen LogP contribution in [0.15, 0.2) is 223 Å². The van der Waals surface area contributed by atoms with E-state index in [4.69, 9.17) is 24.4 Å². The highest BCUT2D eigenvalue weighted by atomic mass is 16.4. The van der Waals surface area contributed by atoms with E-state index in [2.05, 4.69) is 141 Å². The van der Waals surface area contributed by atoms with Gasteiger partial charge in [-0.25, -0.2) is 19.9 Å². The monoisotopic (exact) mass is 860 g/mol. The van der Waals surface area contributed by atoms with Crippen LogP contribution >= 0.6 is 0 Å². The van der Waals surface area contributed by atoms with Gasteiger partial charge in [0.2, 0.25) is 23.7 Å². The van der Waals surface area contributed by atoms with E-state index in [9.17, 15) is 0 Å². The Morgan fingerprint density at radius 3 is 1.10 bits per heavy atom. The molecular formula is C58H36N8O. The lowest BCUT2D eigenvalue weighted by atomic mass is 10.1. The summed E-state index contributed by atoms with van der Waals surface area (Å²) < 4.78 is 10.8. The van der Waals surface area contributed by atoms with Crippen molar-refractivity contribution in [3.05, 3.63) is 218 Å². The second kappa shape index (κ2) is 15.7. The number of fused-ring (bicyclic) bond motifs is 6. The van der Waals surface area contributed by atoms with Crippen LogP contribution in [0.4, 0.5) is 0 Å². The standard InChI is InChI=1S/C58H36N8O/c1-5-17-37(18-6-1)47-35-48(38-19-7-2-8-20-38)60-57(59-47)65-52-28-16-14-26-44(52)46-33-41(30-32-53(46)65)55-63-64-56(67-55)42-29-31-45-43-25-13-15-27-51(43)66(54(45)34-42)58-61-49(39-21-9-3-10-22-39)36-50(62-58)40-23-11-4-12-24-40/h1-36H. The van der Waals surface area contributed by atoms with Gasteiger partial charge >= 0.3 is 0 Å². The van der Waals surface area contributed by atoms with Crippen molar-refractivity contribution < 1.29 is 4.42 Å². The maximum Gasteiger partial charge on any atom is 0.248 e. The summed E-state index contributed by atoms with van der Waals surface area (Å²) in [6.45, 7) is 0. The Bertz CT molecular complexity index is 3860. The van der Waals surface area contributed by atoms with Crippen molar-refractivity contribution in [2.75, 3.05) is 0 Å². The average Bonchev–Trinajstić information content (AvgIpc) is 4.12. The number of para-hydroxylation sites is 2. The number of hydrogen-bond acceptors (Lipinski definition) is 7. The Balaban J connectivity index is 0.926. The molecule has 0 saturated heterocycles. The SMILES string of the molecule is c1ccc(-c2cc(-c3ccccc3)nc(-n3c4ccccc4c4cc(-c5nnc(-c6ccc7c8ccccc8n(-c8nc(-c9ccccc9)cc(-c9ccccc9)n8)c7c6)o5)ccc43)n2)cc1. The quantitative estimate of drug-likeness (QED) is 0.150. The molecule has 0 bridgehead atoms. The van der Waals surface area contributed by atoms with Gasteiger partial charge in [0, 0.05) is 54.9 Å². The summed E-state index contributed by atoms with van der Waals surface area (Å²) >= 11 is 0. The van der Waals surface area contributed by atoms with Gasteiger partial charge in [0.1, 0.15) is 0 Å². The van der Waals surface area contributed by atoms with Gasteiger partial charge in [-0.3, -0.25) is 9.13 Å². The van der Waals surface area contributed by atoms with Crippen LogP contribution in [0.2, 0.25) is 0 Å². The number of hydrogen-bond donors (Lipinski definition) is 0. The van der Waals surface area contributed by atoms with Crippen molar-refractivity contribution in [3.63, 3.8) is 0 Å². The summed E-state index contributed by atoms with van der Waals surface area (Å²) in [5.41, 5.74) is 12.8. The van der Waals surface area contributed by atoms with Crippen LogP contribution < -0.4 is 0 Å². The molecule has 0 aliphatic carbocycles. The first-order valence-electron chi connectivity index (χ1n) is 22.1. The van der Waals surface area contributed by atoms with Gasteiger partial charge in [0.05, 0.1) is 44.8 Å². The maximum atomic E-state index is 6.57. The smallest absolute Gasteiger partial charge is 0.248 e. The van der Waals surface area contributed by atoms with Crippen molar-refractivity contribution in [2.45, 2.75) is 0 Å². The van der Waals surface area contributed by atoms with E-state index in [0.29, 0.717) is 23.7 Å². The largest absolute Gasteiger partial charge is 0.416 e. The van der Waals surface area contributed by atoms with Crippen molar-refractivity contribution >= 4 is 43.6 Å². The molecule has 13 rings (SSSR count). The molecule has 13 aromatic rings. The summed E-state index contributed by atoms with van der Waals surface area (Å²) in [6.07, 6.45) is 0. The second-order valence-electron chi connectivity index (χ2n) is 16.4. The van der Waals surface area contributed by atoms with E-state index in [1.54, 1.807) is 0 Å². The molecule has 0 saturated carbocycles. The number of aromatic nitrogens is 8. The van der Waals surface area contributed by atoms with E-state index in [0.717, 1.165) is 99.8 Å². The van der Waals surface area contributed by atoms with Gasteiger partial charge in [-0.1, -0.05) is 164 Å². The molecule has 0 radical (unpaired) electrons. The molecule has 0 aliphatic heterocycles. The molecule has 0 spiro atoms. The van der Waals surface area contributed by atoms with Crippen LogP contribution in [0, 0.1) is 0 Å². The van der Waals surface area contributed by atoms with Crippen molar-refractivity contribution in [1.29, 1.82) is 0 Å². The van der Waals surface area contributed by atoms with E-state index in [1.165, 1.54) is 0 Å². The minimum absolute atomic E-state index is 0.403. The molecule has 0 fully saturated rings. The molecule has 0 aliphatic rings. The molecule has 0 amide bonds. The highest BCUT2D eigenvalue weighted by molar-refractivity contribution is 6.11. The Hall–Kier alpha value is -9.34.